The molecule has 0 aliphatic heterocycles. The molecule has 2 aromatic rings. The molecule has 7 nitrogen and oxygen atoms in total. The second-order valence-corrected chi connectivity index (χ2v) is 5.44. The van der Waals surface area contributed by atoms with Crippen molar-refractivity contribution in [2.75, 3.05) is 0 Å². The van der Waals surface area contributed by atoms with Crippen molar-refractivity contribution in [1.29, 1.82) is 0 Å². The molecule has 21 heavy (non-hydrogen) atoms. The van der Waals surface area contributed by atoms with E-state index in [2.05, 4.69) is 10.2 Å². The molecule has 0 bridgehead atoms. The fourth-order valence-corrected chi connectivity index (χ4v) is 1.95. The summed E-state index contributed by atoms with van der Waals surface area (Å²) in [5.74, 6) is -1.03. The molecule has 0 aliphatic carbocycles. The van der Waals surface area contributed by atoms with Gasteiger partial charge in [0.1, 0.15) is 0 Å². The van der Waals surface area contributed by atoms with E-state index in [1.807, 2.05) is 0 Å². The predicted molar refractivity (Wildman–Crippen MR) is 73.8 cm³/mol. The lowest BCUT2D eigenvalue weighted by atomic mass is 10.2. The van der Waals surface area contributed by atoms with Gasteiger partial charge in [-0.25, -0.2) is 4.79 Å². The number of carboxylic acid groups (broad SMARTS) is 1. The van der Waals surface area contributed by atoms with E-state index in [4.69, 9.17) is 9.66 Å². The van der Waals surface area contributed by atoms with E-state index in [0.29, 0.717) is 11.4 Å². The molecular weight excluding hydrogens is 296 g/mol. The molecule has 2 aromatic carbocycles. The van der Waals surface area contributed by atoms with Gasteiger partial charge in [-0.15, -0.1) is 0 Å². The van der Waals surface area contributed by atoms with Crippen molar-refractivity contribution in [3.05, 3.63) is 54.1 Å². The number of hydrogen-bond donors (Lipinski definition) is 2. The average molecular weight is 306 g/mol. The van der Waals surface area contributed by atoms with Crippen LogP contribution in [0, 0.1) is 0 Å². The molecule has 0 amide bonds. The molecule has 2 N–H and O–H groups in total. The Labute approximate surface area is 120 Å². The molecule has 0 saturated heterocycles. The summed E-state index contributed by atoms with van der Waals surface area (Å²) in [4.78, 5) is 10.5. The van der Waals surface area contributed by atoms with Crippen molar-refractivity contribution in [3.8, 4) is 0 Å². The first-order valence-corrected chi connectivity index (χ1v) is 7.13. The topological polar surface area (TPSA) is 116 Å². The third-order valence-electron chi connectivity index (χ3n) is 2.53. The number of nitrogens with zero attached hydrogens (tertiary/aromatic N) is 2. The molecule has 0 spiro atoms. The van der Waals surface area contributed by atoms with Gasteiger partial charge in [-0.3, -0.25) is 4.55 Å². The van der Waals surface area contributed by atoms with Crippen molar-refractivity contribution >= 4 is 27.5 Å². The van der Waals surface area contributed by atoms with Gasteiger partial charge < -0.3 is 5.11 Å². The van der Waals surface area contributed by atoms with Crippen LogP contribution >= 0.6 is 0 Å². The summed E-state index contributed by atoms with van der Waals surface area (Å²) in [6.45, 7) is 0. The molecule has 0 aliphatic rings. The zero-order chi connectivity index (χ0) is 15.5. The van der Waals surface area contributed by atoms with E-state index < -0.39 is 16.1 Å². The zero-order valence-electron chi connectivity index (χ0n) is 10.5. The molecule has 0 unspecified atom stereocenters. The standard InChI is InChI=1S/C13H10N2O5S/c16-13(17)9-1-3-10(4-2-9)14-15-11-5-7-12(8-6-11)21(18,19)20/h1-8H,(H,16,17)(H,18,19,20). The fourth-order valence-electron chi connectivity index (χ4n) is 1.47. The van der Waals surface area contributed by atoms with E-state index in [0.717, 1.165) is 0 Å². The highest BCUT2D eigenvalue weighted by Gasteiger charge is 2.08. The summed E-state index contributed by atoms with van der Waals surface area (Å²) in [6.07, 6.45) is 0. The Bertz CT molecular complexity index is 780. The highest BCUT2D eigenvalue weighted by atomic mass is 32.2. The van der Waals surface area contributed by atoms with Crippen molar-refractivity contribution in [3.63, 3.8) is 0 Å². The van der Waals surface area contributed by atoms with Crippen LogP contribution in [-0.2, 0) is 10.1 Å². The van der Waals surface area contributed by atoms with Crippen LogP contribution in [0.4, 0.5) is 11.4 Å². The maximum absolute atomic E-state index is 10.9. The van der Waals surface area contributed by atoms with E-state index >= 15 is 0 Å². The van der Waals surface area contributed by atoms with Crippen LogP contribution in [0.15, 0.2) is 63.7 Å². The monoisotopic (exact) mass is 306 g/mol. The minimum absolute atomic E-state index is 0.145. The summed E-state index contributed by atoms with van der Waals surface area (Å²) in [6, 6.07) is 11.0. The maximum atomic E-state index is 10.9. The third kappa shape index (κ3) is 3.94. The summed E-state index contributed by atoms with van der Waals surface area (Å²) in [5, 5.41) is 16.5. The Morgan fingerprint density at radius 1 is 0.857 bits per heavy atom. The Kier molecular flexibility index (Phi) is 4.10. The smallest absolute Gasteiger partial charge is 0.335 e. The number of aromatic carboxylic acids is 1. The first kappa shape index (κ1) is 14.8. The highest BCUT2D eigenvalue weighted by Crippen LogP contribution is 2.20. The van der Waals surface area contributed by atoms with Gasteiger partial charge in [0.2, 0.25) is 0 Å². The van der Waals surface area contributed by atoms with E-state index in [9.17, 15) is 13.2 Å². The SMILES string of the molecule is O=C(O)c1ccc(N=Nc2ccc(S(=O)(=O)O)cc2)cc1. The van der Waals surface area contributed by atoms with Gasteiger partial charge in [-0.1, -0.05) is 0 Å². The molecule has 0 heterocycles. The number of azo groups is 1. The lowest BCUT2D eigenvalue weighted by molar-refractivity contribution is 0.0697. The van der Waals surface area contributed by atoms with Gasteiger partial charge in [0.15, 0.2) is 0 Å². The highest BCUT2D eigenvalue weighted by molar-refractivity contribution is 7.85. The number of benzene rings is 2. The van der Waals surface area contributed by atoms with Gasteiger partial charge in [-0.2, -0.15) is 18.6 Å². The summed E-state index contributed by atoms with van der Waals surface area (Å²) < 4.78 is 30.6. The number of hydrogen-bond acceptors (Lipinski definition) is 5. The number of carbonyl (C=O) groups is 1. The van der Waals surface area contributed by atoms with Gasteiger partial charge in [0.25, 0.3) is 10.1 Å². The summed E-state index contributed by atoms with van der Waals surface area (Å²) in [5.41, 5.74) is 0.995. The number of rotatable bonds is 4. The Hall–Kier alpha value is -2.58. The van der Waals surface area contributed by atoms with Crippen LogP contribution in [0.3, 0.4) is 0 Å². The minimum Gasteiger partial charge on any atom is -0.478 e. The van der Waals surface area contributed by atoms with Crippen LogP contribution < -0.4 is 0 Å². The Morgan fingerprint density at radius 2 is 1.29 bits per heavy atom. The molecular formula is C13H10N2O5S. The van der Waals surface area contributed by atoms with Gasteiger partial charge in [0.05, 0.1) is 21.8 Å². The molecule has 0 atom stereocenters. The molecule has 0 aromatic heterocycles. The molecule has 2 rings (SSSR count). The molecule has 108 valence electrons. The van der Waals surface area contributed by atoms with Crippen LogP contribution in [0.1, 0.15) is 10.4 Å². The van der Waals surface area contributed by atoms with E-state index in [1.165, 1.54) is 48.5 Å². The lowest BCUT2D eigenvalue weighted by Gasteiger charge is -1.97. The number of carboxylic acids is 1. The van der Waals surface area contributed by atoms with Crippen molar-refractivity contribution < 1.29 is 22.9 Å². The molecule has 0 saturated carbocycles. The predicted octanol–water partition coefficient (Wildman–Crippen LogP) is 3.05. The zero-order valence-corrected chi connectivity index (χ0v) is 11.4. The quantitative estimate of drug-likeness (QED) is 0.665. The first-order valence-electron chi connectivity index (χ1n) is 5.69. The van der Waals surface area contributed by atoms with Crippen molar-refractivity contribution in [1.82, 2.24) is 0 Å². The average Bonchev–Trinajstić information content (AvgIpc) is 2.45. The van der Waals surface area contributed by atoms with Crippen LogP contribution in [0.25, 0.3) is 0 Å². The van der Waals surface area contributed by atoms with Gasteiger partial charge in [-0.05, 0) is 48.5 Å². The Morgan fingerprint density at radius 3 is 1.67 bits per heavy atom. The van der Waals surface area contributed by atoms with Crippen LogP contribution in [0.2, 0.25) is 0 Å². The minimum atomic E-state index is -4.23. The van der Waals surface area contributed by atoms with E-state index in [-0.39, 0.29) is 10.5 Å². The summed E-state index contributed by atoms with van der Waals surface area (Å²) >= 11 is 0. The maximum Gasteiger partial charge on any atom is 0.335 e. The van der Waals surface area contributed by atoms with Gasteiger partial charge >= 0.3 is 5.97 Å². The lowest BCUT2D eigenvalue weighted by Crippen LogP contribution is -1.96. The van der Waals surface area contributed by atoms with Crippen molar-refractivity contribution in [2.24, 2.45) is 10.2 Å². The van der Waals surface area contributed by atoms with Gasteiger partial charge in [0, 0.05) is 0 Å². The Balaban J connectivity index is 2.15. The second kappa shape index (κ2) is 5.81. The molecule has 8 heteroatoms. The molecule has 0 fully saturated rings. The third-order valence-corrected chi connectivity index (χ3v) is 3.40. The van der Waals surface area contributed by atoms with E-state index in [1.54, 1.807) is 0 Å². The summed E-state index contributed by atoms with van der Waals surface area (Å²) in [7, 11) is -4.23. The normalized spacial score (nSPS) is 11.7. The molecule has 0 radical (unpaired) electrons. The second-order valence-electron chi connectivity index (χ2n) is 4.02. The largest absolute Gasteiger partial charge is 0.478 e. The van der Waals surface area contributed by atoms with Crippen LogP contribution in [-0.4, -0.2) is 24.0 Å². The fraction of sp³-hybridized carbons (Fsp3) is 0. The first-order chi connectivity index (χ1) is 9.86. The van der Waals surface area contributed by atoms with Crippen molar-refractivity contribution in [2.45, 2.75) is 4.90 Å². The van der Waals surface area contributed by atoms with Crippen LogP contribution in [0.5, 0.6) is 0 Å².